The second-order valence-corrected chi connectivity index (χ2v) is 8.55. The summed E-state index contributed by atoms with van der Waals surface area (Å²) in [6, 6.07) is 15.6. The van der Waals surface area contributed by atoms with E-state index in [4.69, 9.17) is 14.2 Å². The maximum atomic E-state index is 6.11. The van der Waals surface area contributed by atoms with E-state index in [1.165, 1.54) is 16.7 Å². The number of ether oxygens (including phenoxy) is 3. The van der Waals surface area contributed by atoms with Gasteiger partial charge in [-0.25, -0.2) is 0 Å². The van der Waals surface area contributed by atoms with Gasteiger partial charge in [0.2, 0.25) is 0 Å². The zero-order valence-corrected chi connectivity index (χ0v) is 18.5. The molecule has 2 heterocycles. The molecule has 2 aromatic rings. The molecular formula is C25H34N2O3. The van der Waals surface area contributed by atoms with Gasteiger partial charge < -0.3 is 19.1 Å². The summed E-state index contributed by atoms with van der Waals surface area (Å²) in [6.45, 7) is 8.76. The number of methoxy groups -OCH3 is 1. The Hall–Kier alpha value is -2.08. The van der Waals surface area contributed by atoms with Gasteiger partial charge in [-0.2, -0.15) is 0 Å². The second-order valence-electron chi connectivity index (χ2n) is 8.55. The van der Waals surface area contributed by atoms with Crippen LogP contribution in [0.2, 0.25) is 0 Å². The highest BCUT2D eigenvalue weighted by Gasteiger charge is 2.25. The Morgan fingerprint density at radius 1 is 1.10 bits per heavy atom. The topological polar surface area (TPSA) is 34.2 Å². The lowest BCUT2D eigenvalue weighted by Gasteiger charge is -2.33. The van der Waals surface area contributed by atoms with Crippen LogP contribution >= 0.6 is 0 Å². The molecule has 0 aliphatic carbocycles. The normalized spacial score (nSPS) is 22.5. The van der Waals surface area contributed by atoms with Gasteiger partial charge in [0.1, 0.15) is 11.5 Å². The van der Waals surface area contributed by atoms with Gasteiger partial charge in [-0.1, -0.05) is 18.2 Å². The molecule has 0 spiro atoms. The number of hydrogen-bond acceptors (Lipinski definition) is 5. The number of hydrogen-bond donors (Lipinski definition) is 0. The maximum absolute atomic E-state index is 6.11. The standard InChI is InChI=1S/C25H34N2O3/c1-19-18-29-14-12-27(19)11-4-13-30-23-9-10-24-21(15-23)16-26(2)17-25(24)20-5-7-22(28-3)8-6-20/h5-10,15,19,25H,4,11-14,16-18H2,1-3H3/t19-,25?/m0/s1. The van der Waals surface area contributed by atoms with Gasteiger partial charge in [0.05, 0.1) is 26.9 Å². The maximum Gasteiger partial charge on any atom is 0.119 e. The fourth-order valence-electron chi connectivity index (χ4n) is 4.59. The van der Waals surface area contributed by atoms with Gasteiger partial charge in [0.15, 0.2) is 0 Å². The first-order valence-corrected chi connectivity index (χ1v) is 11.0. The molecule has 162 valence electrons. The lowest BCUT2D eigenvalue weighted by Crippen LogP contribution is -2.44. The predicted octanol–water partition coefficient (Wildman–Crippen LogP) is 3.76. The number of nitrogens with zero attached hydrogens (tertiary/aromatic N) is 2. The fourth-order valence-corrected chi connectivity index (χ4v) is 4.59. The van der Waals surface area contributed by atoms with Crippen LogP contribution < -0.4 is 9.47 Å². The van der Waals surface area contributed by atoms with Crippen molar-refractivity contribution >= 4 is 0 Å². The number of morpholine rings is 1. The first-order chi connectivity index (χ1) is 14.6. The SMILES string of the molecule is COc1ccc(C2CN(C)Cc3cc(OCCCN4CCOC[C@@H]4C)ccc32)cc1. The minimum atomic E-state index is 0.376. The summed E-state index contributed by atoms with van der Waals surface area (Å²) in [5, 5.41) is 0. The van der Waals surface area contributed by atoms with Crippen LogP contribution in [0.4, 0.5) is 0 Å². The number of benzene rings is 2. The zero-order valence-electron chi connectivity index (χ0n) is 18.5. The molecule has 1 unspecified atom stereocenters. The molecule has 1 saturated heterocycles. The van der Waals surface area contributed by atoms with Gasteiger partial charge >= 0.3 is 0 Å². The second kappa shape index (κ2) is 9.82. The van der Waals surface area contributed by atoms with Crippen molar-refractivity contribution in [2.24, 2.45) is 0 Å². The smallest absolute Gasteiger partial charge is 0.119 e. The lowest BCUT2D eigenvalue weighted by molar-refractivity contribution is -0.00201. The number of likely N-dealkylation sites (N-methyl/N-ethyl adjacent to an activating group) is 1. The summed E-state index contributed by atoms with van der Waals surface area (Å²) in [4.78, 5) is 4.88. The highest BCUT2D eigenvalue weighted by Crippen LogP contribution is 2.35. The average molecular weight is 411 g/mol. The zero-order chi connectivity index (χ0) is 20.9. The highest BCUT2D eigenvalue weighted by atomic mass is 16.5. The Bertz CT molecular complexity index is 824. The van der Waals surface area contributed by atoms with Crippen LogP contribution in [0, 0.1) is 0 Å². The molecule has 2 aliphatic heterocycles. The molecule has 4 rings (SSSR count). The van der Waals surface area contributed by atoms with Gasteiger partial charge in [0, 0.05) is 38.1 Å². The summed E-state index contributed by atoms with van der Waals surface area (Å²) < 4.78 is 16.9. The van der Waals surface area contributed by atoms with E-state index in [1.807, 2.05) is 0 Å². The molecule has 1 fully saturated rings. The Labute approximate surface area is 180 Å². The van der Waals surface area contributed by atoms with E-state index in [0.717, 1.165) is 63.9 Å². The summed E-state index contributed by atoms with van der Waals surface area (Å²) in [5.74, 6) is 2.26. The van der Waals surface area contributed by atoms with Gasteiger partial charge in [0.25, 0.3) is 0 Å². The Morgan fingerprint density at radius 2 is 1.90 bits per heavy atom. The van der Waals surface area contributed by atoms with Crippen LogP contribution in [0.25, 0.3) is 0 Å². The Balaban J connectivity index is 1.38. The van der Waals surface area contributed by atoms with E-state index >= 15 is 0 Å². The third-order valence-corrected chi connectivity index (χ3v) is 6.31. The molecule has 2 atom stereocenters. The minimum absolute atomic E-state index is 0.376. The van der Waals surface area contributed by atoms with Crippen molar-refractivity contribution in [2.75, 3.05) is 53.6 Å². The lowest BCUT2D eigenvalue weighted by atomic mass is 9.84. The van der Waals surface area contributed by atoms with Gasteiger partial charge in [-0.05, 0) is 61.3 Å². The molecule has 0 bridgehead atoms. The third kappa shape index (κ3) is 4.97. The van der Waals surface area contributed by atoms with E-state index in [0.29, 0.717) is 12.0 Å². The largest absolute Gasteiger partial charge is 0.497 e. The molecular weight excluding hydrogens is 376 g/mol. The van der Waals surface area contributed by atoms with Crippen molar-refractivity contribution in [3.8, 4) is 11.5 Å². The van der Waals surface area contributed by atoms with Crippen LogP contribution in [0.1, 0.15) is 36.0 Å². The molecule has 0 N–H and O–H groups in total. The summed E-state index contributed by atoms with van der Waals surface area (Å²) in [7, 11) is 3.90. The van der Waals surface area contributed by atoms with Crippen LogP contribution in [-0.4, -0.2) is 69.5 Å². The summed E-state index contributed by atoms with van der Waals surface area (Å²) in [5.41, 5.74) is 4.11. The monoisotopic (exact) mass is 410 g/mol. The highest BCUT2D eigenvalue weighted by molar-refractivity contribution is 5.45. The van der Waals surface area contributed by atoms with Crippen LogP contribution in [0.5, 0.6) is 11.5 Å². The molecule has 0 saturated carbocycles. The molecule has 5 nitrogen and oxygen atoms in total. The fraction of sp³-hybridized carbons (Fsp3) is 0.520. The van der Waals surface area contributed by atoms with Crippen molar-refractivity contribution in [1.82, 2.24) is 9.80 Å². The van der Waals surface area contributed by atoms with Crippen molar-refractivity contribution in [3.05, 3.63) is 59.2 Å². The number of rotatable bonds is 7. The predicted molar refractivity (Wildman–Crippen MR) is 120 cm³/mol. The van der Waals surface area contributed by atoms with Crippen LogP contribution in [0.15, 0.2) is 42.5 Å². The Morgan fingerprint density at radius 3 is 2.67 bits per heavy atom. The van der Waals surface area contributed by atoms with E-state index < -0.39 is 0 Å². The molecule has 0 radical (unpaired) electrons. The van der Waals surface area contributed by atoms with E-state index in [2.05, 4.69) is 66.2 Å². The van der Waals surface area contributed by atoms with E-state index in [9.17, 15) is 0 Å². The molecule has 0 amide bonds. The summed E-state index contributed by atoms with van der Waals surface area (Å²) in [6.07, 6.45) is 1.04. The van der Waals surface area contributed by atoms with Crippen molar-refractivity contribution in [3.63, 3.8) is 0 Å². The third-order valence-electron chi connectivity index (χ3n) is 6.31. The molecule has 30 heavy (non-hydrogen) atoms. The molecule has 2 aromatic carbocycles. The van der Waals surface area contributed by atoms with Crippen LogP contribution in [0.3, 0.4) is 0 Å². The Kier molecular flexibility index (Phi) is 6.93. The molecule has 5 heteroatoms. The summed E-state index contributed by atoms with van der Waals surface area (Å²) >= 11 is 0. The molecule has 2 aliphatic rings. The van der Waals surface area contributed by atoms with Crippen LogP contribution in [-0.2, 0) is 11.3 Å². The van der Waals surface area contributed by atoms with Gasteiger partial charge in [-0.15, -0.1) is 0 Å². The van der Waals surface area contributed by atoms with Crippen molar-refractivity contribution < 1.29 is 14.2 Å². The first kappa shape index (κ1) is 21.2. The average Bonchev–Trinajstić information content (AvgIpc) is 2.77. The first-order valence-electron chi connectivity index (χ1n) is 11.0. The van der Waals surface area contributed by atoms with E-state index in [1.54, 1.807) is 7.11 Å². The molecule has 0 aromatic heterocycles. The minimum Gasteiger partial charge on any atom is -0.497 e. The van der Waals surface area contributed by atoms with Crippen molar-refractivity contribution in [1.29, 1.82) is 0 Å². The van der Waals surface area contributed by atoms with Gasteiger partial charge in [-0.3, -0.25) is 4.90 Å². The number of fused-ring (bicyclic) bond motifs is 1. The van der Waals surface area contributed by atoms with Crippen molar-refractivity contribution in [2.45, 2.75) is 31.8 Å². The quantitative estimate of drug-likeness (QED) is 0.650. The van der Waals surface area contributed by atoms with E-state index in [-0.39, 0.29) is 0 Å².